The Hall–Kier alpha value is -1.14. The lowest BCUT2D eigenvalue weighted by molar-refractivity contribution is 0.250. The maximum Gasteiger partial charge on any atom is 0.193 e. The predicted octanol–water partition coefficient (Wildman–Crippen LogP) is 0.845. The summed E-state index contributed by atoms with van der Waals surface area (Å²) in [5.74, 6) is 1.09. The van der Waals surface area contributed by atoms with E-state index in [-0.39, 0.29) is 12.5 Å². The lowest BCUT2D eigenvalue weighted by Gasteiger charge is -2.06. The standard InChI is InChI=1S/C9H12N4OS/c1-7(4-14)5-15-9-8-12-11-6-13(8)3-2-10-9/h2-3,6-7,14H,4-5H2,1H3. The minimum absolute atomic E-state index is 0.197. The second kappa shape index (κ2) is 4.59. The Morgan fingerprint density at radius 1 is 1.60 bits per heavy atom. The molecule has 2 aromatic rings. The Kier molecular flexibility index (Phi) is 3.17. The summed E-state index contributed by atoms with van der Waals surface area (Å²) >= 11 is 1.59. The van der Waals surface area contributed by atoms with E-state index in [0.717, 1.165) is 16.4 Å². The molecule has 0 bridgehead atoms. The van der Waals surface area contributed by atoms with Crippen molar-refractivity contribution in [3.05, 3.63) is 18.7 Å². The molecule has 2 aromatic heterocycles. The fourth-order valence-corrected chi connectivity index (χ4v) is 2.07. The van der Waals surface area contributed by atoms with Crippen LogP contribution in [-0.4, -0.2) is 37.0 Å². The second-order valence-corrected chi connectivity index (χ2v) is 4.40. The smallest absolute Gasteiger partial charge is 0.193 e. The van der Waals surface area contributed by atoms with Gasteiger partial charge in [0, 0.05) is 24.8 Å². The molecule has 0 spiro atoms. The van der Waals surface area contributed by atoms with E-state index in [1.54, 1.807) is 24.3 Å². The van der Waals surface area contributed by atoms with Gasteiger partial charge < -0.3 is 5.11 Å². The van der Waals surface area contributed by atoms with Crippen LogP contribution in [0.3, 0.4) is 0 Å². The summed E-state index contributed by atoms with van der Waals surface area (Å²) < 4.78 is 1.83. The van der Waals surface area contributed by atoms with Gasteiger partial charge in [-0.15, -0.1) is 22.0 Å². The number of fused-ring (bicyclic) bond motifs is 1. The van der Waals surface area contributed by atoms with Gasteiger partial charge in [-0.3, -0.25) is 4.40 Å². The molecule has 0 aromatic carbocycles. The number of aromatic nitrogens is 4. The molecule has 2 rings (SSSR count). The van der Waals surface area contributed by atoms with Crippen molar-refractivity contribution >= 4 is 17.4 Å². The molecule has 0 fully saturated rings. The zero-order valence-electron chi connectivity index (χ0n) is 8.37. The van der Waals surface area contributed by atoms with Crippen molar-refractivity contribution in [1.29, 1.82) is 0 Å². The first-order valence-electron chi connectivity index (χ1n) is 4.69. The fourth-order valence-electron chi connectivity index (χ4n) is 1.11. The van der Waals surface area contributed by atoms with Crippen LogP contribution in [0, 0.1) is 5.92 Å². The van der Waals surface area contributed by atoms with Gasteiger partial charge in [-0.05, 0) is 5.92 Å². The zero-order valence-corrected chi connectivity index (χ0v) is 9.18. The van der Waals surface area contributed by atoms with Gasteiger partial charge in [0.15, 0.2) is 5.65 Å². The Morgan fingerprint density at radius 2 is 2.47 bits per heavy atom. The van der Waals surface area contributed by atoms with Crippen LogP contribution in [-0.2, 0) is 0 Å². The van der Waals surface area contributed by atoms with Crippen LogP contribution < -0.4 is 0 Å². The largest absolute Gasteiger partial charge is 0.396 e. The van der Waals surface area contributed by atoms with Crippen molar-refractivity contribution in [3.8, 4) is 0 Å². The van der Waals surface area contributed by atoms with Gasteiger partial charge in [0.2, 0.25) is 0 Å². The highest BCUT2D eigenvalue weighted by Crippen LogP contribution is 2.21. The lowest BCUT2D eigenvalue weighted by atomic mass is 10.2. The van der Waals surface area contributed by atoms with Crippen molar-refractivity contribution in [1.82, 2.24) is 19.6 Å². The van der Waals surface area contributed by atoms with Gasteiger partial charge in [0.05, 0.1) is 0 Å². The summed E-state index contributed by atoms with van der Waals surface area (Å²) in [7, 11) is 0. The number of aliphatic hydroxyl groups is 1. The average molecular weight is 224 g/mol. The third kappa shape index (κ3) is 2.27. The van der Waals surface area contributed by atoms with Gasteiger partial charge in [-0.2, -0.15) is 0 Å². The highest BCUT2D eigenvalue weighted by atomic mass is 32.2. The summed E-state index contributed by atoms with van der Waals surface area (Å²) in [6.07, 6.45) is 5.19. The Labute approximate surface area is 91.6 Å². The lowest BCUT2D eigenvalue weighted by Crippen LogP contribution is -2.03. The zero-order chi connectivity index (χ0) is 10.7. The summed E-state index contributed by atoms with van der Waals surface area (Å²) in [4.78, 5) is 4.24. The molecule has 0 aliphatic rings. The minimum atomic E-state index is 0.197. The predicted molar refractivity (Wildman–Crippen MR) is 57.8 cm³/mol. The molecular formula is C9H12N4OS. The first-order valence-corrected chi connectivity index (χ1v) is 5.68. The van der Waals surface area contributed by atoms with E-state index in [4.69, 9.17) is 5.11 Å². The summed E-state index contributed by atoms with van der Waals surface area (Å²) in [6.45, 7) is 2.19. The minimum Gasteiger partial charge on any atom is -0.396 e. The van der Waals surface area contributed by atoms with Gasteiger partial charge >= 0.3 is 0 Å². The van der Waals surface area contributed by atoms with Gasteiger partial charge in [0.1, 0.15) is 11.4 Å². The number of hydrogen-bond donors (Lipinski definition) is 1. The van der Waals surface area contributed by atoms with Crippen LogP contribution in [0.5, 0.6) is 0 Å². The first kappa shape index (κ1) is 10.4. The third-order valence-corrected chi connectivity index (χ3v) is 3.30. The van der Waals surface area contributed by atoms with E-state index in [2.05, 4.69) is 15.2 Å². The van der Waals surface area contributed by atoms with E-state index in [0.29, 0.717) is 0 Å². The number of rotatable bonds is 4. The Morgan fingerprint density at radius 3 is 3.27 bits per heavy atom. The number of thioether (sulfide) groups is 1. The van der Waals surface area contributed by atoms with Crippen LogP contribution in [0.1, 0.15) is 6.92 Å². The van der Waals surface area contributed by atoms with Crippen molar-refractivity contribution in [3.63, 3.8) is 0 Å². The fraction of sp³-hybridized carbons (Fsp3) is 0.444. The molecular weight excluding hydrogens is 212 g/mol. The maximum atomic E-state index is 8.92. The SMILES string of the molecule is CC(CO)CSc1nccn2cnnc12. The van der Waals surface area contributed by atoms with Crippen LogP contribution in [0.25, 0.3) is 5.65 Å². The molecule has 1 unspecified atom stereocenters. The molecule has 0 amide bonds. The van der Waals surface area contributed by atoms with E-state index in [1.807, 2.05) is 17.5 Å². The van der Waals surface area contributed by atoms with E-state index < -0.39 is 0 Å². The van der Waals surface area contributed by atoms with E-state index >= 15 is 0 Å². The molecule has 80 valence electrons. The maximum absolute atomic E-state index is 8.92. The molecule has 0 radical (unpaired) electrons. The molecule has 1 N–H and O–H groups in total. The third-order valence-electron chi connectivity index (χ3n) is 2.00. The monoisotopic (exact) mass is 224 g/mol. The summed E-state index contributed by atoms with van der Waals surface area (Å²) in [5, 5.41) is 17.6. The molecule has 15 heavy (non-hydrogen) atoms. The molecule has 0 saturated carbocycles. The highest BCUT2D eigenvalue weighted by Gasteiger charge is 2.07. The first-order chi connectivity index (χ1) is 7.31. The topological polar surface area (TPSA) is 63.3 Å². The quantitative estimate of drug-likeness (QED) is 0.780. The van der Waals surface area contributed by atoms with Gasteiger partial charge in [-0.1, -0.05) is 6.92 Å². The molecule has 6 heteroatoms. The van der Waals surface area contributed by atoms with Crippen LogP contribution in [0.4, 0.5) is 0 Å². The van der Waals surface area contributed by atoms with Crippen LogP contribution >= 0.6 is 11.8 Å². The Balaban J connectivity index is 2.17. The van der Waals surface area contributed by atoms with Crippen molar-refractivity contribution in [2.45, 2.75) is 11.9 Å². The summed E-state index contributed by atoms with van der Waals surface area (Å²) in [5.41, 5.74) is 0.771. The number of hydrogen-bond acceptors (Lipinski definition) is 5. The van der Waals surface area contributed by atoms with Crippen molar-refractivity contribution < 1.29 is 5.11 Å². The van der Waals surface area contributed by atoms with Crippen LogP contribution in [0.2, 0.25) is 0 Å². The van der Waals surface area contributed by atoms with Crippen LogP contribution in [0.15, 0.2) is 23.7 Å². The van der Waals surface area contributed by atoms with Gasteiger partial charge in [-0.25, -0.2) is 4.98 Å². The molecule has 0 aliphatic carbocycles. The average Bonchev–Trinajstić information content (AvgIpc) is 2.74. The molecule has 0 aliphatic heterocycles. The van der Waals surface area contributed by atoms with Crippen molar-refractivity contribution in [2.75, 3.05) is 12.4 Å². The second-order valence-electron chi connectivity index (χ2n) is 3.39. The number of aliphatic hydroxyl groups excluding tert-OH is 1. The highest BCUT2D eigenvalue weighted by molar-refractivity contribution is 7.99. The molecule has 0 saturated heterocycles. The molecule has 2 heterocycles. The Bertz CT molecular complexity index is 444. The summed E-state index contributed by atoms with van der Waals surface area (Å²) in [6, 6.07) is 0. The van der Waals surface area contributed by atoms with Crippen molar-refractivity contribution in [2.24, 2.45) is 5.92 Å². The molecule has 5 nitrogen and oxygen atoms in total. The normalized spacial score (nSPS) is 13.2. The number of nitrogens with zero attached hydrogens (tertiary/aromatic N) is 4. The van der Waals surface area contributed by atoms with E-state index in [1.165, 1.54) is 0 Å². The molecule has 1 atom stereocenters. The van der Waals surface area contributed by atoms with Gasteiger partial charge in [0.25, 0.3) is 0 Å². The van der Waals surface area contributed by atoms with E-state index in [9.17, 15) is 0 Å².